The van der Waals surface area contributed by atoms with Crippen LogP contribution in [-0.2, 0) is 9.53 Å². The molecule has 2 unspecified atom stereocenters. The van der Waals surface area contributed by atoms with Crippen LogP contribution >= 0.6 is 11.6 Å². The second-order valence-corrected chi connectivity index (χ2v) is 12.8. The lowest BCUT2D eigenvalue weighted by Gasteiger charge is -2.32. The third kappa shape index (κ3) is 7.27. The highest BCUT2D eigenvalue weighted by Gasteiger charge is 2.42. The molecule has 9 nitrogen and oxygen atoms in total. The van der Waals surface area contributed by atoms with E-state index in [-0.39, 0.29) is 24.0 Å². The van der Waals surface area contributed by atoms with Gasteiger partial charge in [0, 0.05) is 96.1 Å². The van der Waals surface area contributed by atoms with Gasteiger partial charge in [0.15, 0.2) is 0 Å². The number of rotatable bonds is 8. The van der Waals surface area contributed by atoms with Crippen LogP contribution in [0, 0.1) is 18.8 Å². The number of aryl methyl sites for hydroxylation is 1. The van der Waals surface area contributed by atoms with Crippen LogP contribution in [-0.4, -0.2) is 105 Å². The first-order valence-corrected chi connectivity index (χ1v) is 15.8. The quantitative estimate of drug-likeness (QED) is 0.430. The second kappa shape index (κ2) is 13.6. The molecule has 2 aromatic carbocycles. The van der Waals surface area contributed by atoms with Crippen molar-refractivity contribution in [2.75, 3.05) is 76.3 Å². The number of amides is 3. The summed E-state index contributed by atoms with van der Waals surface area (Å²) in [4.78, 5) is 48.5. The molecule has 2 atom stereocenters. The molecule has 0 N–H and O–H groups in total. The number of fused-ring (bicyclic) bond motifs is 1. The van der Waals surface area contributed by atoms with Gasteiger partial charge in [-0.1, -0.05) is 29.8 Å². The lowest BCUT2D eigenvalue weighted by molar-refractivity contribution is -0.130. The Bertz CT molecular complexity index is 1310. The minimum absolute atomic E-state index is 0.0562. The largest absolute Gasteiger partial charge is 0.446 e. The van der Waals surface area contributed by atoms with E-state index in [2.05, 4.69) is 4.90 Å². The smallest absolute Gasteiger partial charge is 0.414 e. The van der Waals surface area contributed by atoms with Crippen LogP contribution in [0.4, 0.5) is 16.2 Å². The number of carbonyl (C=O) groups is 3. The van der Waals surface area contributed by atoms with E-state index < -0.39 is 0 Å². The first-order chi connectivity index (χ1) is 20.6. The van der Waals surface area contributed by atoms with Gasteiger partial charge in [0.25, 0.3) is 5.91 Å². The molecule has 2 aromatic rings. The van der Waals surface area contributed by atoms with Gasteiger partial charge in [-0.15, -0.1) is 0 Å². The highest BCUT2D eigenvalue weighted by molar-refractivity contribution is 6.31. The highest BCUT2D eigenvalue weighted by Crippen LogP contribution is 2.33. The Labute approximate surface area is 260 Å². The zero-order valence-electron chi connectivity index (χ0n) is 25.8. The Balaban J connectivity index is 1.15. The summed E-state index contributed by atoms with van der Waals surface area (Å²) in [6.07, 6.45) is 1.50. The third-order valence-electron chi connectivity index (χ3n) is 9.16. The molecule has 5 rings (SSSR count). The van der Waals surface area contributed by atoms with E-state index in [0.29, 0.717) is 49.3 Å². The summed E-state index contributed by atoms with van der Waals surface area (Å²) >= 11 is 6.43. The van der Waals surface area contributed by atoms with E-state index >= 15 is 0 Å². The second-order valence-electron chi connectivity index (χ2n) is 12.4. The van der Waals surface area contributed by atoms with Crippen molar-refractivity contribution >= 4 is 40.9 Å². The van der Waals surface area contributed by atoms with Gasteiger partial charge in [0.1, 0.15) is 6.10 Å². The summed E-state index contributed by atoms with van der Waals surface area (Å²) in [5.41, 5.74) is 3.39. The molecule has 43 heavy (non-hydrogen) atoms. The molecule has 10 heteroatoms. The summed E-state index contributed by atoms with van der Waals surface area (Å²) in [6.45, 7) is 9.58. The highest BCUT2D eigenvalue weighted by atomic mass is 35.5. The van der Waals surface area contributed by atoms with Crippen LogP contribution in [0.2, 0.25) is 5.02 Å². The first-order valence-electron chi connectivity index (χ1n) is 15.4. The number of likely N-dealkylation sites (tertiary alicyclic amines) is 3. The van der Waals surface area contributed by atoms with Gasteiger partial charge >= 0.3 is 6.09 Å². The molecule has 0 bridgehead atoms. The van der Waals surface area contributed by atoms with Crippen molar-refractivity contribution in [3.05, 3.63) is 58.6 Å². The van der Waals surface area contributed by atoms with Gasteiger partial charge in [-0.05, 0) is 61.6 Å². The zero-order chi connectivity index (χ0) is 30.7. The molecule has 0 radical (unpaired) electrons. The monoisotopic (exact) mass is 609 g/mol. The predicted molar refractivity (Wildman–Crippen MR) is 170 cm³/mol. The van der Waals surface area contributed by atoms with Crippen LogP contribution in [0.15, 0.2) is 42.5 Å². The van der Waals surface area contributed by atoms with Gasteiger partial charge in [0.2, 0.25) is 5.91 Å². The number of ether oxygens (including phenoxy) is 1. The SMILES string of the molecule is CC(=O)N1CCC(OC(=O)N(CCCN2CC3CN(C(=O)c4ccccc4N(C)C)CC3C2)c2ccc(C)c(Cl)c2)CC1. The standard InChI is InChI=1S/C33H44ClN5O4/c1-23-10-11-27(18-30(23)34)39(33(42)43-28-12-16-37(17-13-28)24(2)40)15-7-14-36-19-25-21-38(22-26(25)20-36)32(41)29-8-5-6-9-31(29)35(3)4/h5-6,8-11,18,25-26,28H,7,12-17,19-22H2,1-4H3. The van der Waals surface area contributed by atoms with Crippen molar-refractivity contribution in [3.63, 3.8) is 0 Å². The predicted octanol–water partition coefficient (Wildman–Crippen LogP) is 4.76. The Kier molecular flexibility index (Phi) is 9.82. The maximum absolute atomic E-state index is 13.4. The maximum atomic E-state index is 13.4. The Morgan fingerprint density at radius 2 is 1.63 bits per heavy atom. The van der Waals surface area contributed by atoms with E-state index in [1.165, 1.54) is 0 Å². The van der Waals surface area contributed by atoms with E-state index in [9.17, 15) is 14.4 Å². The molecule has 3 fully saturated rings. The van der Waals surface area contributed by atoms with Crippen LogP contribution in [0.3, 0.4) is 0 Å². The first kappa shape index (κ1) is 31.1. The Morgan fingerprint density at radius 1 is 0.953 bits per heavy atom. The minimum Gasteiger partial charge on any atom is -0.446 e. The van der Waals surface area contributed by atoms with Crippen molar-refractivity contribution in [1.29, 1.82) is 0 Å². The van der Waals surface area contributed by atoms with E-state index in [1.54, 1.807) is 16.7 Å². The maximum Gasteiger partial charge on any atom is 0.414 e. The fraction of sp³-hybridized carbons (Fsp3) is 0.545. The van der Waals surface area contributed by atoms with Crippen LogP contribution in [0.1, 0.15) is 42.1 Å². The van der Waals surface area contributed by atoms with E-state index in [0.717, 1.165) is 61.6 Å². The van der Waals surface area contributed by atoms with Crippen molar-refractivity contribution in [2.24, 2.45) is 11.8 Å². The number of piperidine rings is 1. The molecule has 232 valence electrons. The Morgan fingerprint density at radius 3 is 2.26 bits per heavy atom. The molecule has 3 aliphatic heterocycles. The van der Waals surface area contributed by atoms with Crippen LogP contribution in [0.5, 0.6) is 0 Å². The third-order valence-corrected chi connectivity index (χ3v) is 9.57. The lowest BCUT2D eigenvalue weighted by atomic mass is 10.0. The van der Waals surface area contributed by atoms with Crippen molar-refractivity contribution in [2.45, 2.75) is 39.2 Å². The molecule has 0 saturated carbocycles. The number of hydrogen-bond donors (Lipinski definition) is 0. The normalized spacial score (nSPS) is 20.7. The van der Waals surface area contributed by atoms with Gasteiger partial charge in [-0.2, -0.15) is 0 Å². The zero-order valence-corrected chi connectivity index (χ0v) is 26.6. The van der Waals surface area contributed by atoms with Crippen LogP contribution in [0.25, 0.3) is 0 Å². The number of anilines is 2. The fourth-order valence-corrected chi connectivity index (χ4v) is 6.85. The molecule has 3 aliphatic rings. The lowest BCUT2D eigenvalue weighted by Crippen LogP contribution is -2.43. The molecular formula is C33H44ClN5O4. The summed E-state index contributed by atoms with van der Waals surface area (Å²) in [5, 5.41) is 0.616. The van der Waals surface area contributed by atoms with Crippen molar-refractivity contribution in [1.82, 2.24) is 14.7 Å². The summed E-state index contributed by atoms with van der Waals surface area (Å²) in [5.74, 6) is 1.10. The van der Waals surface area contributed by atoms with Crippen LogP contribution < -0.4 is 9.80 Å². The molecule has 0 aromatic heterocycles. The van der Waals surface area contributed by atoms with Gasteiger partial charge in [-0.3, -0.25) is 14.5 Å². The molecule has 3 saturated heterocycles. The summed E-state index contributed by atoms with van der Waals surface area (Å²) < 4.78 is 5.93. The summed E-state index contributed by atoms with van der Waals surface area (Å²) in [6, 6.07) is 13.5. The summed E-state index contributed by atoms with van der Waals surface area (Å²) in [7, 11) is 3.94. The number of carbonyl (C=O) groups excluding carboxylic acids is 3. The fourth-order valence-electron chi connectivity index (χ4n) is 6.68. The Hall–Kier alpha value is -3.30. The minimum atomic E-state index is -0.369. The average Bonchev–Trinajstić information content (AvgIpc) is 3.56. The number of hydrogen-bond acceptors (Lipinski definition) is 6. The van der Waals surface area contributed by atoms with Crippen molar-refractivity contribution < 1.29 is 19.1 Å². The molecule has 3 heterocycles. The molecular weight excluding hydrogens is 566 g/mol. The van der Waals surface area contributed by atoms with Crippen molar-refractivity contribution in [3.8, 4) is 0 Å². The topological polar surface area (TPSA) is 76.6 Å². The molecule has 3 amide bonds. The number of halogens is 1. The number of benzene rings is 2. The molecule has 0 spiro atoms. The van der Waals surface area contributed by atoms with Gasteiger partial charge < -0.3 is 24.3 Å². The van der Waals surface area contributed by atoms with E-state index in [1.807, 2.05) is 73.3 Å². The number of nitrogens with zero attached hydrogens (tertiary/aromatic N) is 5. The molecule has 0 aliphatic carbocycles. The van der Waals surface area contributed by atoms with Gasteiger partial charge in [-0.25, -0.2) is 4.79 Å². The van der Waals surface area contributed by atoms with E-state index in [4.69, 9.17) is 16.3 Å². The number of para-hydroxylation sites is 1. The average molecular weight is 610 g/mol. The van der Waals surface area contributed by atoms with Gasteiger partial charge in [0.05, 0.1) is 5.56 Å².